The molecule has 4 rings (SSSR count). The number of hydrogen-bond acceptors (Lipinski definition) is 4. The predicted octanol–water partition coefficient (Wildman–Crippen LogP) is 4.74. The van der Waals surface area contributed by atoms with E-state index in [1.807, 2.05) is 0 Å². The Morgan fingerprint density at radius 1 is 1.04 bits per heavy atom. The van der Waals surface area contributed by atoms with Crippen LogP contribution in [0.3, 0.4) is 0 Å². The summed E-state index contributed by atoms with van der Waals surface area (Å²) in [5.74, 6) is 1.93. The third-order valence-corrected chi connectivity index (χ3v) is 6.47. The molecule has 1 unspecified atom stereocenters. The fourth-order valence-corrected chi connectivity index (χ4v) is 4.65. The van der Waals surface area contributed by atoms with Crippen LogP contribution in [-0.2, 0) is 17.8 Å². The van der Waals surface area contributed by atoms with Gasteiger partial charge < -0.3 is 9.88 Å². The standard InChI is InChI=1S/C19H22Cl3N5O/c20-12-9-14(22)15(10-13(12)21)23-18(28)11-26-7-4-5-16(26)19-25-24-17-6-2-1-3-8-27(17)19/h9-10,16H,1-8,11H2,(H,23,28). The molecule has 1 aromatic carbocycles. The molecule has 28 heavy (non-hydrogen) atoms. The third-order valence-electron chi connectivity index (χ3n) is 5.43. The van der Waals surface area contributed by atoms with Crippen molar-refractivity contribution >= 4 is 46.4 Å². The van der Waals surface area contributed by atoms with Gasteiger partial charge >= 0.3 is 0 Å². The quantitative estimate of drug-likeness (QED) is 0.695. The van der Waals surface area contributed by atoms with Gasteiger partial charge in [-0.15, -0.1) is 10.2 Å². The van der Waals surface area contributed by atoms with Crippen LogP contribution in [-0.4, -0.2) is 38.7 Å². The molecule has 150 valence electrons. The van der Waals surface area contributed by atoms with E-state index >= 15 is 0 Å². The Bertz CT molecular complexity index is 885. The predicted molar refractivity (Wildman–Crippen MR) is 111 cm³/mol. The summed E-state index contributed by atoms with van der Waals surface area (Å²) in [5, 5.41) is 12.8. The second-order valence-electron chi connectivity index (χ2n) is 7.36. The molecule has 1 N–H and O–H groups in total. The first-order valence-electron chi connectivity index (χ1n) is 9.63. The zero-order chi connectivity index (χ0) is 19.7. The van der Waals surface area contributed by atoms with E-state index in [9.17, 15) is 4.79 Å². The highest BCUT2D eigenvalue weighted by Gasteiger charge is 2.32. The Morgan fingerprint density at radius 2 is 1.86 bits per heavy atom. The van der Waals surface area contributed by atoms with Gasteiger partial charge in [0.15, 0.2) is 0 Å². The average Bonchev–Trinajstić information content (AvgIpc) is 3.19. The monoisotopic (exact) mass is 441 g/mol. The number of carbonyl (C=O) groups excluding carboxylic acids is 1. The Balaban J connectivity index is 1.47. The van der Waals surface area contributed by atoms with Crippen molar-refractivity contribution in [2.75, 3.05) is 18.4 Å². The number of aromatic nitrogens is 3. The van der Waals surface area contributed by atoms with Gasteiger partial charge in [0.05, 0.1) is 33.3 Å². The van der Waals surface area contributed by atoms with Crippen molar-refractivity contribution in [3.8, 4) is 0 Å². The number of amides is 1. The molecule has 2 aliphatic rings. The minimum absolute atomic E-state index is 0.120. The largest absolute Gasteiger partial charge is 0.324 e. The molecule has 0 aliphatic carbocycles. The Labute approximate surface area is 179 Å². The van der Waals surface area contributed by atoms with Gasteiger partial charge in [-0.3, -0.25) is 9.69 Å². The molecule has 0 bridgehead atoms. The van der Waals surface area contributed by atoms with Gasteiger partial charge in [-0.25, -0.2) is 0 Å². The molecule has 1 amide bonds. The van der Waals surface area contributed by atoms with Gasteiger partial charge in [-0.2, -0.15) is 0 Å². The lowest BCUT2D eigenvalue weighted by atomic mass is 10.2. The van der Waals surface area contributed by atoms with Crippen LogP contribution in [0.25, 0.3) is 0 Å². The van der Waals surface area contributed by atoms with Gasteiger partial charge in [0.2, 0.25) is 5.91 Å². The second-order valence-corrected chi connectivity index (χ2v) is 8.58. The maximum atomic E-state index is 12.6. The Morgan fingerprint density at radius 3 is 2.71 bits per heavy atom. The number of carbonyl (C=O) groups is 1. The number of fused-ring (bicyclic) bond motifs is 1. The molecule has 1 fully saturated rings. The van der Waals surface area contributed by atoms with Gasteiger partial charge in [-0.1, -0.05) is 41.2 Å². The average molecular weight is 443 g/mol. The van der Waals surface area contributed by atoms with Crippen LogP contribution < -0.4 is 5.32 Å². The highest BCUT2D eigenvalue weighted by atomic mass is 35.5. The van der Waals surface area contributed by atoms with Crippen LogP contribution in [0.2, 0.25) is 15.1 Å². The SMILES string of the molecule is O=C(CN1CCCC1c1nnc2n1CCCCC2)Nc1cc(Cl)c(Cl)cc1Cl. The molecular weight excluding hydrogens is 421 g/mol. The van der Waals surface area contributed by atoms with Crippen molar-refractivity contribution in [2.24, 2.45) is 0 Å². The highest BCUT2D eigenvalue weighted by molar-refractivity contribution is 6.44. The molecule has 6 nitrogen and oxygen atoms in total. The summed E-state index contributed by atoms with van der Waals surface area (Å²) in [6.07, 6.45) is 6.55. The van der Waals surface area contributed by atoms with Crippen LogP contribution in [0.4, 0.5) is 5.69 Å². The van der Waals surface area contributed by atoms with Crippen LogP contribution in [0.5, 0.6) is 0 Å². The van der Waals surface area contributed by atoms with Crippen molar-refractivity contribution < 1.29 is 4.79 Å². The number of benzene rings is 1. The third kappa shape index (κ3) is 4.15. The lowest BCUT2D eigenvalue weighted by Gasteiger charge is -2.24. The maximum absolute atomic E-state index is 12.6. The molecule has 1 atom stereocenters. The molecule has 2 aliphatic heterocycles. The summed E-state index contributed by atoms with van der Waals surface area (Å²) < 4.78 is 2.27. The van der Waals surface area contributed by atoms with Gasteiger partial charge in [0, 0.05) is 13.0 Å². The van der Waals surface area contributed by atoms with Gasteiger partial charge in [-0.05, 0) is 44.4 Å². The summed E-state index contributed by atoms with van der Waals surface area (Å²) >= 11 is 18.2. The lowest BCUT2D eigenvalue weighted by Crippen LogP contribution is -2.34. The molecule has 0 radical (unpaired) electrons. The number of likely N-dealkylation sites (tertiary alicyclic amines) is 1. The normalized spacial score (nSPS) is 20.0. The first kappa shape index (κ1) is 20.0. The van der Waals surface area contributed by atoms with Crippen molar-refractivity contribution in [1.29, 1.82) is 0 Å². The molecule has 1 saturated heterocycles. The molecule has 2 aromatic rings. The van der Waals surface area contributed by atoms with E-state index in [-0.39, 0.29) is 18.5 Å². The second kappa shape index (κ2) is 8.57. The van der Waals surface area contributed by atoms with E-state index in [1.54, 1.807) is 6.07 Å². The topological polar surface area (TPSA) is 63.1 Å². The first-order chi connectivity index (χ1) is 13.5. The Hall–Kier alpha value is -1.34. The Kier molecular flexibility index (Phi) is 6.11. The summed E-state index contributed by atoms with van der Waals surface area (Å²) in [6, 6.07) is 3.23. The molecule has 1 aromatic heterocycles. The van der Waals surface area contributed by atoms with E-state index in [0.717, 1.165) is 50.4 Å². The molecule has 9 heteroatoms. The zero-order valence-electron chi connectivity index (χ0n) is 15.4. The number of anilines is 1. The van der Waals surface area contributed by atoms with Crippen molar-refractivity contribution in [2.45, 2.75) is 51.1 Å². The summed E-state index contributed by atoms with van der Waals surface area (Å²) in [7, 11) is 0. The molecule has 3 heterocycles. The van der Waals surface area contributed by atoms with Gasteiger partial charge in [0.25, 0.3) is 0 Å². The fraction of sp³-hybridized carbons (Fsp3) is 0.526. The van der Waals surface area contributed by atoms with Crippen molar-refractivity contribution in [1.82, 2.24) is 19.7 Å². The van der Waals surface area contributed by atoms with E-state index in [4.69, 9.17) is 34.8 Å². The number of halogens is 3. The number of nitrogens with one attached hydrogen (secondary N) is 1. The molecule has 0 saturated carbocycles. The number of aryl methyl sites for hydroxylation is 1. The van der Waals surface area contributed by atoms with Crippen LogP contribution in [0, 0.1) is 0 Å². The number of nitrogens with zero attached hydrogens (tertiary/aromatic N) is 4. The van der Waals surface area contributed by atoms with E-state index in [1.165, 1.54) is 18.9 Å². The number of hydrogen-bond donors (Lipinski definition) is 1. The maximum Gasteiger partial charge on any atom is 0.238 e. The summed E-state index contributed by atoms with van der Waals surface area (Å²) in [6.45, 7) is 2.09. The zero-order valence-corrected chi connectivity index (χ0v) is 17.7. The van der Waals surface area contributed by atoms with Gasteiger partial charge in [0.1, 0.15) is 11.6 Å². The molecular formula is C19H22Cl3N5O. The first-order valence-corrected chi connectivity index (χ1v) is 10.8. The summed E-state index contributed by atoms with van der Waals surface area (Å²) in [4.78, 5) is 14.8. The van der Waals surface area contributed by atoms with Crippen molar-refractivity contribution in [3.05, 3.63) is 38.8 Å². The van der Waals surface area contributed by atoms with Crippen molar-refractivity contribution in [3.63, 3.8) is 0 Å². The minimum atomic E-state index is -0.136. The van der Waals surface area contributed by atoms with Crippen LogP contribution >= 0.6 is 34.8 Å². The number of rotatable bonds is 4. The smallest absolute Gasteiger partial charge is 0.238 e. The fourth-order valence-electron chi connectivity index (χ4n) is 4.05. The van der Waals surface area contributed by atoms with Crippen LogP contribution in [0.1, 0.15) is 49.8 Å². The van der Waals surface area contributed by atoms with E-state index in [0.29, 0.717) is 20.8 Å². The van der Waals surface area contributed by atoms with Crippen LogP contribution in [0.15, 0.2) is 12.1 Å². The minimum Gasteiger partial charge on any atom is -0.324 e. The van der Waals surface area contributed by atoms with E-state index in [2.05, 4.69) is 25.0 Å². The summed E-state index contributed by atoms with van der Waals surface area (Å²) in [5.41, 5.74) is 0.466. The van der Waals surface area contributed by atoms with E-state index < -0.39 is 0 Å². The molecule has 0 spiro atoms. The lowest BCUT2D eigenvalue weighted by molar-refractivity contribution is -0.117. The highest BCUT2D eigenvalue weighted by Crippen LogP contribution is 2.34.